The van der Waals surface area contributed by atoms with Crippen molar-refractivity contribution in [1.29, 1.82) is 0 Å². The molecule has 8 aromatic rings. The Bertz CT molecular complexity index is 2750. The first-order chi connectivity index (χ1) is 27.5. The molecule has 4 aromatic carbocycles. The van der Waals surface area contributed by atoms with E-state index in [2.05, 4.69) is 36.1 Å². The molecule has 4 aromatic heterocycles. The molecule has 19 heteroatoms. The van der Waals surface area contributed by atoms with E-state index in [4.69, 9.17) is 22.1 Å². The molecule has 0 saturated carbocycles. The number of rotatable bonds is 8. The van der Waals surface area contributed by atoms with Gasteiger partial charge in [0.2, 0.25) is 22.9 Å². The van der Waals surface area contributed by atoms with E-state index in [1.807, 2.05) is 82.2 Å². The molecule has 57 heavy (non-hydrogen) atoms. The zero-order valence-corrected chi connectivity index (χ0v) is 30.5. The number of nitrogens with zero attached hydrogens (tertiary/aromatic N) is 8. The van der Waals surface area contributed by atoms with Crippen molar-refractivity contribution >= 4 is 62.1 Å². The van der Waals surface area contributed by atoms with E-state index in [0.29, 0.717) is 5.82 Å². The smallest absolute Gasteiger partial charge is 0.307 e. The number of benzene rings is 4. The fraction of sp³-hybridized carbons (Fsp3) is 0.0526. The summed E-state index contributed by atoms with van der Waals surface area (Å²) in [6, 6.07) is 27.4. The minimum absolute atomic E-state index is 0.0376. The quantitative estimate of drug-likeness (QED) is 0.0642. The van der Waals surface area contributed by atoms with Gasteiger partial charge in [0.1, 0.15) is 23.1 Å². The Morgan fingerprint density at radius 1 is 0.702 bits per heavy atom. The van der Waals surface area contributed by atoms with Gasteiger partial charge in [-0.1, -0.05) is 36.4 Å². The van der Waals surface area contributed by atoms with Crippen LogP contribution in [0, 0.1) is 31.9 Å². The number of hydrogen-bond acceptors (Lipinski definition) is 12. The van der Waals surface area contributed by atoms with Crippen molar-refractivity contribution < 1.29 is 28.1 Å². The largest absolute Gasteiger partial charge is 0.494 e. The number of hydrogen-bond donors (Lipinski definition) is 2. The van der Waals surface area contributed by atoms with Gasteiger partial charge < -0.3 is 29.7 Å². The summed E-state index contributed by atoms with van der Waals surface area (Å²) in [5.74, 6) is -0.187. The molecule has 3 N–H and O–H groups in total. The summed E-state index contributed by atoms with van der Waals surface area (Å²) in [5, 5.41) is 26.6. The van der Waals surface area contributed by atoms with Gasteiger partial charge in [-0.2, -0.15) is 18.7 Å². The molecule has 0 aliphatic heterocycles. The molecule has 288 valence electrons. The molecule has 0 amide bonds. The summed E-state index contributed by atoms with van der Waals surface area (Å²) >= 11 is 5.78. The molecule has 0 aliphatic carbocycles. The number of para-hydroxylation sites is 2. The maximum absolute atomic E-state index is 13.8. The van der Waals surface area contributed by atoms with Crippen molar-refractivity contribution in [2.45, 2.75) is 0 Å². The van der Waals surface area contributed by atoms with E-state index >= 15 is 0 Å². The summed E-state index contributed by atoms with van der Waals surface area (Å²) in [6.07, 6.45) is 7.08. The fourth-order valence-electron chi connectivity index (χ4n) is 5.52. The Kier molecular flexibility index (Phi) is 11.7. The lowest BCUT2D eigenvalue weighted by atomic mass is 10.2. The number of fused-ring (bicyclic) bond motifs is 2. The highest BCUT2D eigenvalue weighted by Gasteiger charge is 2.20. The van der Waals surface area contributed by atoms with Crippen molar-refractivity contribution in [2.75, 3.05) is 25.3 Å². The van der Waals surface area contributed by atoms with Crippen LogP contribution in [0.15, 0.2) is 122 Å². The predicted octanol–water partition coefficient (Wildman–Crippen LogP) is 8.62. The number of anilines is 3. The third-order valence-electron chi connectivity index (χ3n) is 8.15. The summed E-state index contributed by atoms with van der Waals surface area (Å²) in [4.78, 5) is 36.3. The average Bonchev–Trinajstić information content (AvgIpc) is 3.85. The van der Waals surface area contributed by atoms with E-state index in [9.17, 15) is 29.0 Å². The number of ether oxygens (including phenoxy) is 2. The summed E-state index contributed by atoms with van der Waals surface area (Å²) in [7, 11) is 2.64. The maximum atomic E-state index is 13.8. The van der Waals surface area contributed by atoms with Crippen LogP contribution >= 0.6 is 11.6 Å². The molecule has 0 unspecified atom stereocenters. The average molecular weight is 795 g/mol. The number of nitro benzene ring substituents is 2. The van der Waals surface area contributed by atoms with Crippen LogP contribution < -0.4 is 20.5 Å². The zero-order valence-electron chi connectivity index (χ0n) is 29.8. The molecule has 0 spiro atoms. The number of nitrogens with two attached hydrogens (primary N) is 1. The highest BCUT2D eigenvalue weighted by molar-refractivity contribution is 6.28. The summed E-state index contributed by atoms with van der Waals surface area (Å²) < 4.78 is 40.4. The van der Waals surface area contributed by atoms with Crippen molar-refractivity contribution in [1.82, 2.24) is 29.1 Å². The lowest BCUT2D eigenvalue weighted by molar-refractivity contribution is -0.387. The second-order valence-corrected chi connectivity index (χ2v) is 11.9. The SMILES string of the molecule is COc1cc(F)c([N+](=O)[O-])cc1N.COc1cc(F)c([N+](=O)[O-])cc1Nc1nccc(-n2ccc3ccccc32)n1.Clc1nccc(-n2ccc3ccccc32)n1. The van der Waals surface area contributed by atoms with Gasteiger partial charge in [-0.05, 0) is 58.8 Å². The molecule has 16 nitrogen and oxygen atoms in total. The van der Waals surface area contributed by atoms with Gasteiger partial charge in [-0.25, -0.2) is 9.97 Å². The fourth-order valence-corrected chi connectivity index (χ4v) is 5.66. The summed E-state index contributed by atoms with van der Waals surface area (Å²) in [5.41, 5.74) is 6.32. The van der Waals surface area contributed by atoms with Gasteiger partial charge >= 0.3 is 11.4 Å². The van der Waals surface area contributed by atoms with E-state index < -0.39 is 32.9 Å². The highest BCUT2D eigenvalue weighted by atomic mass is 35.5. The first-order valence-electron chi connectivity index (χ1n) is 16.5. The van der Waals surface area contributed by atoms with E-state index in [0.717, 1.165) is 46.5 Å². The number of nitrogen functional groups attached to an aromatic ring is 1. The molecular weight excluding hydrogens is 766 g/mol. The molecule has 0 saturated heterocycles. The molecule has 8 rings (SSSR count). The summed E-state index contributed by atoms with van der Waals surface area (Å²) in [6.45, 7) is 0. The van der Waals surface area contributed by atoms with Crippen LogP contribution in [0.1, 0.15) is 0 Å². The third-order valence-corrected chi connectivity index (χ3v) is 8.33. The molecule has 0 radical (unpaired) electrons. The van der Waals surface area contributed by atoms with E-state index in [1.165, 1.54) is 19.6 Å². The Hall–Kier alpha value is -7.73. The van der Waals surface area contributed by atoms with Crippen LogP contribution in [0.25, 0.3) is 33.4 Å². The minimum atomic E-state index is -0.985. The van der Waals surface area contributed by atoms with E-state index in [1.54, 1.807) is 18.5 Å². The van der Waals surface area contributed by atoms with Crippen molar-refractivity contribution in [3.8, 4) is 23.1 Å². The third kappa shape index (κ3) is 8.82. The lowest BCUT2D eigenvalue weighted by Gasteiger charge is -2.11. The standard InChI is InChI=1S/C19H14FN5O3.C12H8ClN3.C7H7FN2O3/c1-28-17-10-13(20)16(25(26)27)11-14(17)22-19-21-8-6-18(23-19)24-9-7-12-4-2-3-5-15(12)24;13-12-14-7-5-11(15-12)16-8-6-9-3-1-2-4-10(9)16;1-13-7-2-4(8)6(10(11)12)3-5(7)9/h2-11H,1H3,(H,21,22,23);1-8H;2-3H,9H2,1H3. The van der Waals surface area contributed by atoms with Crippen LogP contribution in [0.4, 0.5) is 37.5 Å². The molecule has 0 aliphatic rings. The molecule has 4 heterocycles. The number of aromatic nitrogens is 6. The first-order valence-corrected chi connectivity index (χ1v) is 16.9. The van der Waals surface area contributed by atoms with Crippen molar-refractivity contribution in [3.63, 3.8) is 0 Å². The maximum Gasteiger partial charge on any atom is 0.307 e. The second-order valence-electron chi connectivity index (χ2n) is 11.6. The molecule has 0 bridgehead atoms. The molecular formula is C38H29ClF2N10O6. The van der Waals surface area contributed by atoms with Crippen LogP contribution in [-0.4, -0.2) is 53.1 Å². The zero-order chi connectivity index (χ0) is 40.6. The van der Waals surface area contributed by atoms with Crippen molar-refractivity contribution in [3.05, 3.63) is 159 Å². The van der Waals surface area contributed by atoms with Crippen LogP contribution in [-0.2, 0) is 0 Å². The van der Waals surface area contributed by atoms with Crippen molar-refractivity contribution in [2.24, 2.45) is 0 Å². The Balaban J connectivity index is 0.000000160. The number of nitrogens with one attached hydrogen (secondary N) is 1. The highest BCUT2D eigenvalue weighted by Crippen LogP contribution is 2.33. The van der Waals surface area contributed by atoms with Gasteiger partial charge in [-0.3, -0.25) is 20.2 Å². The van der Waals surface area contributed by atoms with Gasteiger partial charge in [0.25, 0.3) is 0 Å². The minimum Gasteiger partial charge on any atom is -0.494 e. The topological polar surface area (TPSA) is 204 Å². The number of nitro groups is 2. The first kappa shape index (κ1) is 39.0. The van der Waals surface area contributed by atoms with Gasteiger partial charge in [0, 0.05) is 49.1 Å². The monoisotopic (exact) mass is 794 g/mol. The van der Waals surface area contributed by atoms with Crippen LogP contribution in [0.5, 0.6) is 11.5 Å². The number of halogens is 3. The molecule has 0 atom stereocenters. The Morgan fingerprint density at radius 3 is 1.75 bits per heavy atom. The molecule has 0 fully saturated rings. The lowest BCUT2D eigenvalue weighted by Crippen LogP contribution is -2.04. The van der Waals surface area contributed by atoms with Crippen LogP contribution in [0.3, 0.4) is 0 Å². The normalized spacial score (nSPS) is 10.5. The van der Waals surface area contributed by atoms with E-state index in [-0.39, 0.29) is 34.1 Å². The number of methoxy groups -OCH3 is 2. The van der Waals surface area contributed by atoms with Crippen LogP contribution in [0.2, 0.25) is 5.28 Å². The second kappa shape index (κ2) is 17.2. The van der Waals surface area contributed by atoms with Gasteiger partial charge in [0.05, 0.1) is 46.5 Å². The Labute approximate surface area is 326 Å². The van der Waals surface area contributed by atoms with Gasteiger partial charge in [0.15, 0.2) is 0 Å². The predicted molar refractivity (Wildman–Crippen MR) is 210 cm³/mol. The Morgan fingerprint density at radius 2 is 1.21 bits per heavy atom. The van der Waals surface area contributed by atoms with Gasteiger partial charge in [-0.15, -0.1) is 0 Å².